The molecule has 1 aliphatic heterocycles. The average molecular weight is 140 g/mol. The zero-order valence-corrected chi connectivity index (χ0v) is 6.97. The molecule has 0 saturated carbocycles. The first-order valence-corrected chi connectivity index (χ1v) is 4.34. The van der Waals surface area contributed by atoms with E-state index in [4.69, 9.17) is 0 Å². The second-order valence-corrected chi connectivity index (χ2v) is 3.34. The Balaban J connectivity index is 2.28. The Kier molecular flexibility index (Phi) is 3.20. The predicted molar refractivity (Wildman–Crippen MR) is 44.9 cm³/mol. The highest BCUT2D eigenvalue weighted by molar-refractivity contribution is 4.72. The zero-order valence-electron chi connectivity index (χ0n) is 6.97. The van der Waals surface area contributed by atoms with Gasteiger partial charge in [0.2, 0.25) is 0 Å². The van der Waals surface area contributed by atoms with Gasteiger partial charge in [-0.3, -0.25) is 0 Å². The fraction of sp³-hybridized carbons (Fsp3) is 0.889. The highest BCUT2D eigenvalue weighted by Gasteiger charge is 2.10. The molecule has 10 heavy (non-hydrogen) atoms. The Morgan fingerprint density at radius 1 is 1.20 bits per heavy atom. The van der Waals surface area contributed by atoms with E-state index < -0.39 is 0 Å². The third kappa shape index (κ3) is 2.30. The quantitative estimate of drug-likeness (QED) is 0.498. The summed E-state index contributed by atoms with van der Waals surface area (Å²) in [6, 6.07) is 0.570. The molecule has 0 N–H and O–H groups in total. The van der Waals surface area contributed by atoms with Crippen LogP contribution in [0.2, 0.25) is 0 Å². The van der Waals surface area contributed by atoms with E-state index in [1.807, 2.05) is 0 Å². The number of rotatable bonds is 0. The first-order valence-electron chi connectivity index (χ1n) is 4.34. The van der Waals surface area contributed by atoms with Crippen molar-refractivity contribution < 1.29 is 0 Å². The summed E-state index contributed by atoms with van der Waals surface area (Å²) in [6.45, 7) is 5.35. The third-order valence-corrected chi connectivity index (χ3v) is 2.42. The van der Waals surface area contributed by atoms with Crippen molar-refractivity contribution in [3.8, 4) is 0 Å². The van der Waals surface area contributed by atoms with Crippen LogP contribution in [0.25, 0.3) is 0 Å². The van der Waals surface area contributed by atoms with Crippen LogP contribution in [0, 0.1) is 6.92 Å². The molecule has 0 aromatic rings. The molecular weight excluding hydrogens is 122 g/mol. The van der Waals surface area contributed by atoms with E-state index in [1.54, 1.807) is 0 Å². The monoisotopic (exact) mass is 140 g/mol. The molecule has 0 aliphatic carbocycles. The molecule has 0 aromatic carbocycles. The van der Waals surface area contributed by atoms with Crippen molar-refractivity contribution in [1.82, 2.24) is 4.90 Å². The summed E-state index contributed by atoms with van der Waals surface area (Å²) >= 11 is 0. The van der Waals surface area contributed by atoms with E-state index in [0.717, 1.165) is 0 Å². The Morgan fingerprint density at radius 2 is 1.90 bits per heavy atom. The lowest BCUT2D eigenvalue weighted by molar-refractivity contribution is 0.242. The Bertz CT molecular complexity index is 78.7. The molecule has 0 amide bonds. The molecule has 0 aromatic heterocycles. The van der Waals surface area contributed by atoms with Crippen LogP contribution in [0.3, 0.4) is 0 Å². The minimum Gasteiger partial charge on any atom is -0.303 e. The summed E-state index contributed by atoms with van der Waals surface area (Å²) in [5.41, 5.74) is 0. The summed E-state index contributed by atoms with van der Waals surface area (Å²) in [7, 11) is 2.18. The summed E-state index contributed by atoms with van der Waals surface area (Å²) in [6.07, 6.45) is 6.86. The zero-order chi connectivity index (χ0) is 7.40. The van der Waals surface area contributed by atoms with Gasteiger partial charge in [-0.2, -0.15) is 0 Å². The van der Waals surface area contributed by atoms with Gasteiger partial charge in [0.25, 0.3) is 0 Å². The fourth-order valence-electron chi connectivity index (χ4n) is 1.50. The predicted octanol–water partition coefficient (Wildman–Crippen LogP) is 2.08. The van der Waals surface area contributed by atoms with E-state index in [1.165, 1.54) is 38.6 Å². The van der Waals surface area contributed by atoms with Gasteiger partial charge < -0.3 is 4.90 Å². The standard InChI is InChI=1S/C9H18N/c1-9-7-5-3-4-6-8-10(9)2/h9H,1,3-8H2,2H3. The fourth-order valence-corrected chi connectivity index (χ4v) is 1.50. The van der Waals surface area contributed by atoms with Crippen LogP contribution in [0.4, 0.5) is 0 Å². The van der Waals surface area contributed by atoms with Crippen LogP contribution >= 0.6 is 0 Å². The molecular formula is C9H18N. The first kappa shape index (κ1) is 8.06. The van der Waals surface area contributed by atoms with E-state index in [0.29, 0.717) is 6.04 Å². The van der Waals surface area contributed by atoms with Gasteiger partial charge in [0.05, 0.1) is 0 Å². The Morgan fingerprint density at radius 3 is 2.70 bits per heavy atom. The minimum absolute atomic E-state index is 0.570. The van der Waals surface area contributed by atoms with E-state index in [2.05, 4.69) is 18.9 Å². The van der Waals surface area contributed by atoms with Crippen LogP contribution < -0.4 is 0 Å². The topological polar surface area (TPSA) is 3.24 Å². The molecule has 1 heterocycles. The van der Waals surface area contributed by atoms with Gasteiger partial charge in [-0.15, -0.1) is 0 Å². The van der Waals surface area contributed by atoms with Gasteiger partial charge in [-0.05, 0) is 33.4 Å². The normalized spacial score (nSPS) is 31.2. The molecule has 0 bridgehead atoms. The molecule has 1 rings (SSSR count). The van der Waals surface area contributed by atoms with E-state index >= 15 is 0 Å². The second kappa shape index (κ2) is 3.97. The van der Waals surface area contributed by atoms with Crippen LogP contribution in [0.5, 0.6) is 0 Å². The van der Waals surface area contributed by atoms with Gasteiger partial charge in [0, 0.05) is 6.04 Å². The van der Waals surface area contributed by atoms with Crippen molar-refractivity contribution in [3.63, 3.8) is 0 Å². The molecule has 1 aliphatic rings. The summed E-state index contributed by atoms with van der Waals surface area (Å²) < 4.78 is 0. The maximum absolute atomic E-state index is 4.11. The Hall–Kier alpha value is -0.0400. The highest BCUT2D eigenvalue weighted by atomic mass is 15.1. The van der Waals surface area contributed by atoms with Crippen LogP contribution in [0.15, 0.2) is 0 Å². The maximum atomic E-state index is 4.11. The van der Waals surface area contributed by atoms with Crippen molar-refractivity contribution in [1.29, 1.82) is 0 Å². The number of likely N-dealkylation sites (tertiary alicyclic amines) is 1. The van der Waals surface area contributed by atoms with Gasteiger partial charge in [0.1, 0.15) is 0 Å². The smallest absolute Gasteiger partial charge is 0.00927 e. The lowest BCUT2D eigenvalue weighted by atomic mass is 10.0. The van der Waals surface area contributed by atoms with Gasteiger partial charge in [0.15, 0.2) is 0 Å². The summed E-state index contributed by atoms with van der Waals surface area (Å²) in [5.74, 6) is 0. The molecule has 59 valence electrons. The summed E-state index contributed by atoms with van der Waals surface area (Å²) in [5, 5.41) is 0. The van der Waals surface area contributed by atoms with Crippen molar-refractivity contribution in [2.24, 2.45) is 0 Å². The average Bonchev–Trinajstić information content (AvgIpc) is 1.92. The SMILES string of the molecule is [CH2]C1CCCCCCN1C. The molecule has 1 atom stereocenters. The van der Waals surface area contributed by atoms with Gasteiger partial charge in [-0.25, -0.2) is 0 Å². The number of hydrogen-bond donors (Lipinski definition) is 0. The molecule has 1 heteroatoms. The highest BCUT2D eigenvalue weighted by Crippen LogP contribution is 2.13. The van der Waals surface area contributed by atoms with Crippen molar-refractivity contribution in [3.05, 3.63) is 6.92 Å². The molecule has 1 nitrogen and oxygen atoms in total. The largest absolute Gasteiger partial charge is 0.303 e. The number of nitrogens with zero attached hydrogens (tertiary/aromatic N) is 1. The lowest BCUT2D eigenvalue weighted by Gasteiger charge is -2.26. The second-order valence-electron chi connectivity index (χ2n) is 3.34. The molecule has 1 unspecified atom stereocenters. The van der Waals surface area contributed by atoms with Crippen LogP contribution in [-0.2, 0) is 0 Å². The lowest BCUT2D eigenvalue weighted by Crippen LogP contribution is -2.31. The molecule has 0 spiro atoms. The van der Waals surface area contributed by atoms with Crippen LogP contribution in [0.1, 0.15) is 32.1 Å². The summed E-state index contributed by atoms with van der Waals surface area (Å²) in [4.78, 5) is 2.37. The van der Waals surface area contributed by atoms with Gasteiger partial charge in [-0.1, -0.05) is 19.3 Å². The number of hydrogen-bond acceptors (Lipinski definition) is 1. The van der Waals surface area contributed by atoms with Crippen LogP contribution in [-0.4, -0.2) is 24.5 Å². The van der Waals surface area contributed by atoms with Crippen molar-refractivity contribution >= 4 is 0 Å². The minimum atomic E-state index is 0.570. The third-order valence-electron chi connectivity index (χ3n) is 2.42. The first-order chi connectivity index (χ1) is 4.80. The maximum Gasteiger partial charge on any atom is 0.00927 e. The Labute approximate surface area is 64.4 Å². The van der Waals surface area contributed by atoms with Crippen molar-refractivity contribution in [2.45, 2.75) is 38.1 Å². The molecule has 1 fully saturated rings. The van der Waals surface area contributed by atoms with Crippen molar-refractivity contribution in [2.75, 3.05) is 13.6 Å². The van der Waals surface area contributed by atoms with E-state index in [9.17, 15) is 0 Å². The van der Waals surface area contributed by atoms with E-state index in [-0.39, 0.29) is 0 Å². The molecule has 1 radical (unpaired) electrons. The molecule has 1 saturated heterocycles. The van der Waals surface area contributed by atoms with Gasteiger partial charge >= 0.3 is 0 Å².